The number of hydrogen-bond donors (Lipinski definition) is 1. The van der Waals surface area contributed by atoms with Gasteiger partial charge in [0.15, 0.2) is 0 Å². The second-order valence-corrected chi connectivity index (χ2v) is 6.08. The molecule has 2 nitrogen and oxygen atoms in total. The number of hydrogen-bond acceptors (Lipinski definition) is 2. The predicted octanol–water partition coefficient (Wildman–Crippen LogP) is 2.40. The predicted molar refractivity (Wildman–Crippen MR) is 69.3 cm³/mol. The first kappa shape index (κ1) is 12.1. The minimum absolute atomic E-state index is 0.714. The van der Waals surface area contributed by atoms with Gasteiger partial charge in [0, 0.05) is 6.54 Å². The molecule has 2 heteroatoms. The van der Waals surface area contributed by atoms with Crippen LogP contribution in [-0.4, -0.2) is 31.1 Å². The van der Waals surface area contributed by atoms with Crippen LogP contribution < -0.4 is 5.73 Å². The maximum absolute atomic E-state index is 5.62. The number of piperidine rings is 1. The lowest BCUT2D eigenvalue weighted by atomic mass is 9.57. The zero-order valence-electron chi connectivity index (χ0n) is 10.7. The lowest BCUT2D eigenvalue weighted by Gasteiger charge is -2.52. The SMILES string of the molecule is C=C(C)CN1CCC2(CC1)CC(CCN)C2. The molecule has 0 aromatic heterocycles. The zero-order chi connectivity index (χ0) is 11.6. The molecule has 0 aromatic carbocycles. The zero-order valence-corrected chi connectivity index (χ0v) is 10.7. The molecule has 0 atom stereocenters. The van der Waals surface area contributed by atoms with E-state index in [1.807, 2.05) is 0 Å². The van der Waals surface area contributed by atoms with Crippen molar-refractivity contribution in [2.45, 2.75) is 39.0 Å². The molecule has 2 N–H and O–H groups in total. The van der Waals surface area contributed by atoms with Crippen molar-refractivity contribution in [1.29, 1.82) is 0 Å². The van der Waals surface area contributed by atoms with Crippen molar-refractivity contribution < 1.29 is 0 Å². The van der Waals surface area contributed by atoms with Gasteiger partial charge in [-0.3, -0.25) is 4.90 Å². The average molecular weight is 222 g/mol. The third kappa shape index (κ3) is 2.67. The minimum Gasteiger partial charge on any atom is -0.330 e. The summed E-state index contributed by atoms with van der Waals surface area (Å²) < 4.78 is 0. The maximum Gasteiger partial charge on any atom is 0.0187 e. The van der Waals surface area contributed by atoms with E-state index in [0.29, 0.717) is 5.41 Å². The van der Waals surface area contributed by atoms with Gasteiger partial charge in [-0.25, -0.2) is 0 Å². The first-order chi connectivity index (χ1) is 7.63. The van der Waals surface area contributed by atoms with E-state index >= 15 is 0 Å². The molecule has 0 aromatic rings. The van der Waals surface area contributed by atoms with Crippen molar-refractivity contribution in [3.05, 3.63) is 12.2 Å². The molecule has 2 fully saturated rings. The van der Waals surface area contributed by atoms with Gasteiger partial charge in [-0.2, -0.15) is 0 Å². The van der Waals surface area contributed by atoms with Crippen molar-refractivity contribution >= 4 is 0 Å². The lowest BCUT2D eigenvalue weighted by molar-refractivity contribution is -0.0129. The van der Waals surface area contributed by atoms with Crippen LogP contribution in [0.2, 0.25) is 0 Å². The molecule has 92 valence electrons. The van der Waals surface area contributed by atoms with Gasteiger partial charge in [0.05, 0.1) is 0 Å². The highest BCUT2D eigenvalue weighted by Gasteiger charge is 2.44. The lowest BCUT2D eigenvalue weighted by Crippen LogP contribution is -2.47. The topological polar surface area (TPSA) is 29.3 Å². The fourth-order valence-corrected chi connectivity index (χ4v) is 3.58. The molecule has 2 aliphatic rings. The summed E-state index contributed by atoms with van der Waals surface area (Å²) in [5.41, 5.74) is 7.63. The Hall–Kier alpha value is -0.340. The van der Waals surface area contributed by atoms with Crippen LogP contribution in [0.15, 0.2) is 12.2 Å². The minimum atomic E-state index is 0.714. The van der Waals surface area contributed by atoms with Crippen LogP contribution in [0.5, 0.6) is 0 Å². The Bertz CT molecular complexity index is 243. The smallest absolute Gasteiger partial charge is 0.0187 e. The molecular weight excluding hydrogens is 196 g/mol. The fraction of sp³-hybridized carbons (Fsp3) is 0.857. The van der Waals surface area contributed by atoms with Crippen LogP contribution in [-0.2, 0) is 0 Å². The number of rotatable bonds is 4. The number of likely N-dealkylation sites (tertiary alicyclic amines) is 1. The van der Waals surface area contributed by atoms with Crippen molar-refractivity contribution in [1.82, 2.24) is 4.90 Å². The molecule has 1 saturated heterocycles. The third-order valence-electron chi connectivity index (χ3n) is 4.43. The summed E-state index contributed by atoms with van der Waals surface area (Å²) in [6, 6.07) is 0. The Labute approximate surface area is 99.9 Å². The summed E-state index contributed by atoms with van der Waals surface area (Å²) in [6.07, 6.45) is 6.95. The van der Waals surface area contributed by atoms with Crippen LogP contribution in [0.1, 0.15) is 39.0 Å². The molecule has 16 heavy (non-hydrogen) atoms. The molecule has 1 spiro atoms. The normalized spacial score (nSPS) is 25.6. The van der Waals surface area contributed by atoms with E-state index < -0.39 is 0 Å². The van der Waals surface area contributed by atoms with E-state index in [1.165, 1.54) is 50.8 Å². The van der Waals surface area contributed by atoms with Gasteiger partial charge in [-0.15, -0.1) is 0 Å². The molecule has 1 heterocycles. The van der Waals surface area contributed by atoms with Gasteiger partial charge in [0.1, 0.15) is 0 Å². The van der Waals surface area contributed by atoms with E-state index in [2.05, 4.69) is 18.4 Å². The Morgan fingerprint density at radius 1 is 1.38 bits per heavy atom. The van der Waals surface area contributed by atoms with Crippen LogP contribution in [0.4, 0.5) is 0 Å². The Kier molecular flexibility index (Phi) is 3.70. The molecule has 0 radical (unpaired) electrons. The van der Waals surface area contributed by atoms with E-state index in [9.17, 15) is 0 Å². The quantitative estimate of drug-likeness (QED) is 0.740. The van der Waals surface area contributed by atoms with E-state index in [0.717, 1.165) is 19.0 Å². The second kappa shape index (κ2) is 4.89. The number of nitrogens with zero attached hydrogens (tertiary/aromatic N) is 1. The molecule has 0 unspecified atom stereocenters. The van der Waals surface area contributed by atoms with Crippen molar-refractivity contribution in [2.24, 2.45) is 17.1 Å². The van der Waals surface area contributed by atoms with Crippen molar-refractivity contribution in [3.63, 3.8) is 0 Å². The summed E-state index contributed by atoms with van der Waals surface area (Å²) in [5, 5.41) is 0. The van der Waals surface area contributed by atoms with E-state index in [4.69, 9.17) is 5.73 Å². The first-order valence-corrected chi connectivity index (χ1v) is 6.70. The second-order valence-electron chi connectivity index (χ2n) is 6.08. The van der Waals surface area contributed by atoms with Crippen LogP contribution in [0.25, 0.3) is 0 Å². The third-order valence-corrected chi connectivity index (χ3v) is 4.43. The summed E-state index contributed by atoms with van der Waals surface area (Å²) in [7, 11) is 0. The fourth-order valence-electron chi connectivity index (χ4n) is 3.58. The first-order valence-electron chi connectivity index (χ1n) is 6.70. The molecule has 1 aliphatic heterocycles. The highest BCUT2D eigenvalue weighted by Crippen LogP contribution is 2.53. The van der Waals surface area contributed by atoms with Gasteiger partial charge in [0.25, 0.3) is 0 Å². The maximum atomic E-state index is 5.62. The van der Waals surface area contributed by atoms with Crippen LogP contribution in [0.3, 0.4) is 0 Å². The largest absolute Gasteiger partial charge is 0.330 e. The molecule has 2 rings (SSSR count). The monoisotopic (exact) mass is 222 g/mol. The Morgan fingerprint density at radius 2 is 2.00 bits per heavy atom. The van der Waals surface area contributed by atoms with Gasteiger partial charge in [-0.05, 0) is 70.0 Å². The van der Waals surface area contributed by atoms with E-state index in [1.54, 1.807) is 0 Å². The molecule has 0 bridgehead atoms. The highest BCUT2D eigenvalue weighted by atomic mass is 15.1. The van der Waals surface area contributed by atoms with Crippen molar-refractivity contribution in [3.8, 4) is 0 Å². The van der Waals surface area contributed by atoms with Gasteiger partial charge in [-0.1, -0.05) is 12.2 Å². The van der Waals surface area contributed by atoms with E-state index in [-0.39, 0.29) is 0 Å². The van der Waals surface area contributed by atoms with Crippen molar-refractivity contribution in [2.75, 3.05) is 26.2 Å². The van der Waals surface area contributed by atoms with Crippen LogP contribution >= 0.6 is 0 Å². The highest BCUT2D eigenvalue weighted by molar-refractivity contribution is 4.99. The molecule has 1 saturated carbocycles. The summed E-state index contributed by atoms with van der Waals surface area (Å²) in [5.74, 6) is 0.942. The summed E-state index contributed by atoms with van der Waals surface area (Å²) >= 11 is 0. The van der Waals surface area contributed by atoms with Crippen LogP contribution in [0, 0.1) is 11.3 Å². The summed E-state index contributed by atoms with van der Waals surface area (Å²) in [6.45, 7) is 10.7. The summed E-state index contributed by atoms with van der Waals surface area (Å²) in [4.78, 5) is 2.56. The Morgan fingerprint density at radius 3 is 2.50 bits per heavy atom. The van der Waals surface area contributed by atoms with Gasteiger partial charge >= 0.3 is 0 Å². The standard InChI is InChI=1S/C14H26N2/c1-12(2)11-16-7-4-14(5-8-16)9-13(10-14)3-6-15/h13H,1,3-11,15H2,2H3. The number of nitrogens with two attached hydrogens (primary N) is 1. The van der Waals surface area contributed by atoms with Gasteiger partial charge < -0.3 is 5.73 Å². The molecule has 1 aliphatic carbocycles. The van der Waals surface area contributed by atoms with Gasteiger partial charge in [0.2, 0.25) is 0 Å². The molecule has 0 amide bonds. The average Bonchev–Trinajstić information content (AvgIpc) is 2.18. The molecular formula is C14H26N2. The Balaban J connectivity index is 1.72.